The minimum atomic E-state index is -0.623. The fraction of sp³-hybridized carbons (Fsp3) is 0.619. The molecule has 2 aliphatic rings. The summed E-state index contributed by atoms with van der Waals surface area (Å²) in [5.74, 6) is 1.15. The lowest BCUT2D eigenvalue weighted by molar-refractivity contribution is 0.0240. The maximum absolute atomic E-state index is 14.5. The molecule has 1 aliphatic heterocycles. The number of fused-ring (bicyclic) bond motifs is 1. The summed E-state index contributed by atoms with van der Waals surface area (Å²) in [6.07, 6.45) is 4.38. The lowest BCUT2D eigenvalue weighted by atomic mass is 9.86. The van der Waals surface area contributed by atoms with Crippen molar-refractivity contribution in [2.75, 3.05) is 19.8 Å². The van der Waals surface area contributed by atoms with E-state index in [1.807, 2.05) is 6.92 Å². The predicted molar refractivity (Wildman–Crippen MR) is 111 cm³/mol. The number of aromatic nitrogens is 2. The van der Waals surface area contributed by atoms with Gasteiger partial charge in [0.25, 0.3) is 5.56 Å². The van der Waals surface area contributed by atoms with Gasteiger partial charge in [0.1, 0.15) is 22.8 Å². The highest BCUT2D eigenvalue weighted by molar-refractivity contribution is 7.99. The normalized spacial score (nSPS) is 27.4. The molecule has 2 heterocycles. The van der Waals surface area contributed by atoms with Crippen LogP contribution in [0.2, 0.25) is 0 Å². The third kappa shape index (κ3) is 5.10. The number of H-pyrrole nitrogens is 1. The molecule has 4 rings (SSSR count). The molecule has 1 aromatic heterocycles. The van der Waals surface area contributed by atoms with Crippen LogP contribution in [0, 0.1) is 11.7 Å². The van der Waals surface area contributed by atoms with Crippen LogP contribution in [0.1, 0.15) is 44.9 Å². The molecule has 2 aromatic rings. The summed E-state index contributed by atoms with van der Waals surface area (Å²) in [5, 5.41) is 10.5. The van der Waals surface area contributed by atoms with Gasteiger partial charge < -0.3 is 19.6 Å². The van der Waals surface area contributed by atoms with Crippen molar-refractivity contribution in [2.45, 2.75) is 55.6 Å². The molecule has 2 N–H and O–H groups in total. The van der Waals surface area contributed by atoms with Gasteiger partial charge >= 0.3 is 0 Å². The number of thioether (sulfide) groups is 1. The average molecular weight is 423 g/mol. The van der Waals surface area contributed by atoms with Crippen molar-refractivity contribution in [3.05, 3.63) is 34.1 Å². The minimum Gasteiger partial charge on any atom is -0.493 e. The predicted octanol–water partition coefficient (Wildman–Crippen LogP) is 3.40. The summed E-state index contributed by atoms with van der Waals surface area (Å²) in [4.78, 5) is 19.6. The lowest BCUT2D eigenvalue weighted by Gasteiger charge is -2.32. The Bertz CT molecular complexity index is 917. The van der Waals surface area contributed by atoms with Crippen LogP contribution in [0.3, 0.4) is 0 Å². The molecular weight excluding hydrogens is 395 g/mol. The van der Waals surface area contributed by atoms with Gasteiger partial charge in [0.05, 0.1) is 30.1 Å². The van der Waals surface area contributed by atoms with Crippen molar-refractivity contribution in [1.82, 2.24) is 9.97 Å². The van der Waals surface area contributed by atoms with Crippen molar-refractivity contribution in [2.24, 2.45) is 5.92 Å². The van der Waals surface area contributed by atoms with Crippen molar-refractivity contribution >= 4 is 22.7 Å². The number of rotatable bonds is 6. The lowest BCUT2D eigenvalue weighted by Crippen LogP contribution is -2.31. The molecule has 1 unspecified atom stereocenters. The van der Waals surface area contributed by atoms with Gasteiger partial charge in [-0.05, 0) is 39.0 Å². The summed E-state index contributed by atoms with van der Waals surface area (Å²) in [7, 11) is 0. The van der Waals surface area contributed by atoms with Gasteiger partial charge in [-0.25, -0.2) is 9.37 Å². The molecule has 6 nitrogen and oxygen atoms in total. The zero-order valence-electron chi connectivity index (χ0n) is 16.6. The highest BCUT2D eigenvalue weighted by atomic mass is 32.2. The smallest absolute Gasteiger partial charge is 0.261 e. The Morgan fingerprint density at radius 2 is 2.17 bits per heavy atom. The van der Waals surface area contributed by atoms with E-state index in [9.17, 15) is 14.3 Å². The minimum absolute atomic E-state index is 0.0380. The van der Waals surface area contributed by atoms with Gasteiger partial charge in [0, 0.05) is 29.9 Å². The van der Waals surface area contributed by atoms with Gasteiger partial charge in [-0.2, -0.15) is 11.8 Å². The maximum atomic E-state index is 14.5. The van der Waals surface area contributed by atoms with Crippen LogP contribution in [-0.2, 0) is 10.5 Å². The third-order valence-corrected chi connectivity index (χ3v) is 7.14. The molecule has 0 bridgehead atoms. The zero-order chi connectivity index (χ0) is 20.4. The van der Waals surface area contributed by atoms with Crippen LogP contribution < -0.4 is 10.3 Å². The van der Waals surface area contributed by atoms with Crippen LogP contribution in [0.5, 0.6) is 5.75 Å². The molecule has 1 aliphatic carbocycles. The summed E-state index contributed by atoms with van der Waals surface area (Å²) in [6.45, 7) is 3.73. The zero-order valence-corrected chi connectivity index (χ0v) is 17.4. The summed E-state index contributed by atoms with van der Waals surface area (Å²) < 4.78 is 25.6. The molecule has 29 heavy (non-hydrogen) atoms. The molecule has 2 fully saturated rings. The number of aromatic amines is 1. The van der Waals surface area contributed by atoms with E-state index in [1.165, 1.54) is 6.07 Å². The fourth-order valence-electron chi connectivity index (χ4n) is 3.91. The van der Waals surface area contributed by atoms with E-state index in [0.717, 1.165) is 38.7 Å². The highest BCUT2D eigenvalue weighted by Gasteiger charge is 2.28. The first-order valence-corrected chi connectivity index (χ1v) is 11.2. The first kappa shape index (κ1) is 20.6. The Kier molecular flexibility index (Phi) is 6.13. The molecule has 0 spiro atoms. The van der Waals surface area contributed by atoms with Crippen molar-refractivity contribution in [3.63, 3.8) is 0 Å². The summed E-state index contributed by atoms with van der Waals surface area (Å²) in [5.41, 5.74) is -0.718. The van der Waals surface area contributed by atoms with E-state index < -0.39 is 17.0 Å². The number of hydrogen-bond acceptors (Lipinski definition) is 6. The third-order valence-electron chi connectivity index (χ3n) is 5.76. The first-order chi connectivity index (χ1) is 13.9. The number of hydrogen-bond donors (Lipinski definition) is 2. The van der Waals surface area contributed by atoms with E-state index in [4.69, 9.17) is 9.47 Å². The van der Waals surface area contributed by atoms with E-state index in [2.05, 4.69) is 9.97 Å². The second-order valence-electron chi connectivity index (χ2n) is 8.36. The van der Waals surface area contributed by atoms with Gasteiger partial charge in [0.2, 0.25) is 0 Å². The van der Waals surface area contributed by atoms with Crippen molar-refractivity contribution in [3.8, 4) is 5.75 Å². The van der Waals surface area contributed by atoms with Crippen LogP contribution in [0.4, 0.5) is 4.39 Å². The van der Waals surface area contributed by atoms with Gasteiger partial charge in [-0.3, -0.25) is 4.79 Å². The maximum Gasteiger partial charge on any atom is 0.261 e. The van der Waals surface area contributed by atoms with Crippen LogP contribution in [0.15, 0.2) is 16.9 Å². The molecule has 158 valence electrons. The largest absolute Gasteiger partial charge is 0.493 e. The SMILES string of the molecule is C[C@]1(O)CC[C@H](SCc2nc3cc(OCC4CCOC4)cc(F)c3c(=O)[nH]2)CC1. The van der Waals surface area contributed by atoms with Crippen LogP contribution in [0.25, 0.3) is 10.9 Å². The number of benzene rings is 1. The summed E-state index contributed by atoms with van der Waals surface area (Å²) >= 11 is 1.72. The van der Waals surface area contributed by atoms with Gasteiger partial charge in [0.15, 0.2) is 0 Å². The topological polar surface area (TPSA) is 84.4 Å². The quantitative estimate of drug-likeness (QED) is 0.742. The molecule has 1 saturated carbocycles. The molecule has 1 atom stereocenters. The highest BCUT2D eigenvalue weighted by Crippen LogP contribution is 2.35. The average Bonchev–Trinajstić information content (AvgIpc) is 3.18. The Hall–Kier alpha value is -1.64. The van der Waals surface area contributed by atoms with E-state index in [0.29, 0.717) is 47.2 Å². The first-order valence-electron chi connectivity index (χ1n) is 10.2. The Balaban J connectivity index is 1.46. The fourth-order valence-corrected chi connectivity index (χ4v) is 5.00. The molecule has 1 saturated heterocycles. The van der Waals surface area contributed by atoms with Crippen molar-refractivity contribution < 1.29 is 19.0 Å². The standard InChI is InChI=1S/C21H27FN2O4S/c1-21(26)5-2-15(3-6-21)29-12-18-23-17-9-14(28-11-13-4-7-27-10-13)8-16(22)19(17)20(25)24-18/h8-9,13,15,26H,2-7,10-12H2,1H3,(H,23,24,25)/t13?,15-,21-. The Labute approximate surface area is 173 Å². The van der Waals surface area contributed by atoms with Crippen molar-refractivity contribution in [1.29, 1.82) is 0 Å². The number of aliphatic hydroxyl groups is 1. The molecule has 0 amide bonds. The summed E-state index contributed by atoms with van der Waals surface area (Å²) in [6, 6.07) is 2.88. The Morgan fingerprint density at radius 1 is 1.38 bits per heavy atom. The number of nitrogens with one attached hydrogen (secondary N) is 1. The number of nitrogens with zero attached hydrogens (tertiary/aromatic N) is 1. The molecule has 8 heteroatoms. The Morgan fingerprint density at radius 3 is 2.90 bits per heavy atom. The molecule has 0 radical (unpaired) electrons. The van der Waals surface area contributed by atoms with Gasteiger partial charge in [-0.1, -0.05) is 0 Å². The molecule has 1 aromatic carbocycles. The molecular formula is C21H27FN2O4S. The second-order valence-corrected chi connectivity index (χ2v) is 9.65. The second kappa shape index (κ2) is 8.62. The van der Waals surface area contributed by atoms with E-state index in [1.54, 1.807) is 17.8 Å². The van der Waals surface area contributed by atoms with Gasteiger partial charge in [-0.15, -0.1) is 0 Å². The van der Waals surface area contributed by atoms with Crippen LogP contribution in [-0.4, -0.2) is 45.7 Å². The van der Waals surface area contributed by atoms with E-state index >= 15 is 0 Å². The number of halogens is 1. The van der Waals surface area contributed by atoms with Crippen LogP contribution >= 0.6 is 11.8 Å². The monoisotopic (exact) mass is 422 g/mol. The number of ether oxygens (including phenoxy) is 2. The van der Waals surface area contributed by atoms with E-state index in [-0.39, 0.29) is 5.39 Å².